The second kappa shape index (κ2) is 8.33. The van der Waals surface area contributed by atoms with Crippen LogP contribution in [0.1, 0.15) is 29.6 Å². The average molecular weight is 337 g/mol. The minimum absolute atomic E-state index is 0.0667. The fourth-order valence-electron chi connectivity index (χ4n) is 2.95. The largest absolute Gasteiger partial charge is 0.376 e. The number of hydrogen-bond acceptors (Lipinski definition) is 3. The normalized spacial score (nSPS) is 14.0. The third kappa shape index (κ3) is 4.83. The molecule has 3 rings (SSSR count). The summed E-state index contributed by atoms with van der Waals surface area (Å²) in [4.78, 5) is 26.5. The molecule has 0 saturated carbocycles. The fourth-order valence-corrected chi connectivity index (χ4v) is 2.95. The SMILES string of the molecule is O=C(CNc1cccc(C(=O)N2CCCCC2)c1)Nc1ccccc1. The van der Waals surface area contributed by atoms with Crippen molar-refractivity contribution in [3.63, 3.8) is 0 Å². The average Bonchev–Trinajstić information content (AvgIpc) is 2.67. The number of para-hydroxylation sites is 1. The second-order valence-electron chi connectivity index (χ2n) is 6.20. The Morgan fingerprint density at radius 1 is 0.880 bits per heavy atom. The fraction of sp³-hybridized carbons (Fsp3) is 0.300. The predicted molar refractivity (Wildman–Crippen MR) is 99.8 cm³/mol. The van der Waals surface area contributed by atoms with Gasteiger partial charge in [-0.3, -0.25) is 9.59 Å². The molecule has 1 aliphatic heterocycles. The molecule has 0 atom stereocenters. The maximum absolute atomic E-state index is 12.6. The van der Waals surface area contributed by atoms with Crippen molar-refractivity contribution in [2.75, 3.05) is 30.3 Å². The standard InChI is InChI=1S/C20H23N3O2/c24-19(22-17-9-3-1-4-10-17)15-21-18-11-7-8-16(14-18)20(25)23-12-5-2-6-13-23/h1,3-4,7-11,14,21H,2,5-6,12-13,15H2,(H,22,24). The van der Waals surface area contributed by atoms with Crippen molar-refractivity contribution in [3.05, 3.63) is 60.2 Å². The van der Waals surface area contributed by atoms with E-state index in [1.54, 1.807) is 0 Å². The molecule has 5 nitrogen and oxygen atoms in total. The van der Waals surface area contributed by atoms with Gasteiger partial charge in [-0.1, -0.05) is 24.3 Å². The maximum atomic E-state index is 12.6. The van der Waals surface area contributed by atoms with Gasteiger partial charge in [0.25, 0.3) is 5.91 Å². The predicted octanol–water partition coefficient (Wildman–Crippen LogP) is 3.36. The molecule has 0 aliphatic carbocycles. The number of carbonyl (C=O) groups is 2. The van der Waals surface area contributed by atoms with Gasteiger partial charge in [-0.2, -0.15) is 0 Å². The number of piperidine rings is 1. The molecule has 1 fully saturated rings. The molecule has 2 aromatic carbocycles. The molecule has 0 aromatic heterocycles. The van der Waals surface area contributed by atoms with Crippen LogP contribution in [-0.2, 0) is 4.79 Å². The Hall–Kier alpha value is -2.82. The molecule has 0 bridgehead atoms. The molecule has 25 heavy (non-hydrogen) atoms. The van der Waals surface area contributed by atoms with Gasteiger partial charge in [0.2, 0.25) is 5.91 Å². The zero-order valence-electron chi connectivity index (χ0n) is 14.2. The van der Waals surface area contributed by atoms with Crippen LogP contribution < -0.4 is 10.6 Å². The molecular formula is C20H23N3O2. The summed E-state index contributed by atoms with van der Waals surface area (Å²) in [5, 5.41) is 5.90. The van der Waals surface area contributed by atoms with Crippen molar-refractivity contribution in [1.29, 1.82) is 0 Å². The van der Waals surface area contributed by atoms with E-state index in [1.807, 2.05) is 59.5 Å². The zero-order chi connectivity index (χ0) is 17.5. The Balaban J connectivity index is 1.56. The van der Waals surface area contributed by atoms with Gasteiger partial charge in [0.05, 0.1) is 6.54 Å². The number of carbonyl (C=O) groups excluding carboxylic acids is 2. The molecule has 1 saturated heterocycles. The molecule has 2 aromatic rings. The first kappa shape index (κ1) is 17.0. The van der Waals surface area contributed by atoms with Crippen LogP contribution in [0.3, 0.4) is 0 Å². The number of benzene rings is 2. The first-order valence-corrected chi connectivity index (χ1v) is 8.70. The minimum atomic E-state index is -0.126. The van der Waals surface area contributed by atoms with E-state index in [0.29, 0.717) is 5.56 Å². The van der Waals surface area contributed by atoms with Gasteiger partial charge in [0.1, 0.15) is 0 Å². The van der Waals surface area contributed by atoms with E-state index in [9.17, 15) is 9.59 Å². The van der Waals surface area contributed by atoms with Crippen LogP contribution in [0.15, 0.2) is 54.6 Å². The molecule has 0 spiro atoms. The van der Waals surface area contributed by atoms with Crippen molar-refractivity contribution in [2.24, 2.45) is 0 Å². The minimum Gasteiger partial charge on any atom is -0.376 e. The summed E-state index contributed by atoms with van der Waals surface area (Å²) < 4.78 is 0. The lowest BCUT2D eigenvalue weighted by atomic mass is 10.1. The van der Waals surface area contributed by atoms with Crippen molar-refractivity contribution >= 4 is 23.2 Å². The van der Waals surface area contributed by atoms with Crippen LogP contribution in [0, 0.1) is 0 Å². The first-order chi connectivity index (χ1) is 12.2. The van der Waals surface area contributed by atoms with Crippen molar-refractivity contribution < 1.29 is 9.59 Å². The van der Waals surface area contributed by atoms with E-state index >= 15 is 0 Å². The summed E-state index contributed by atoms with van der Waals surface area (Å²) in [6.45, 7) is 1.81. The van der Waals surface area contributed by atoms with Crippen molar-refractivity contribution in [2.45, 2.75) is 19.3 Å². The van der Waals surface area contributed by atoms with E-state index in [0.717, 1.165) is 37.3 Å². The summed E-state index contributed by atoms with van der Waals surface area (Å²) >= 11 is 0. The first-order valence-electron chi connectivity index (χ1n) is 8.70. The summed E-state index contributed by atoms with van der Waals surface area (Å²) in [5.74, 6) is -0.0592. The summed E-state index contributed by atoms with van der Waals surface area (Å²) in [5.41, 5.74) is 2.20. The lowest BCUT2D eigenvalue weighted by Gasteiger charge is -2.26. The van der Waals surface area contributed by atoms with Gasteiger partial charge >= 0.3 is 0 Å². The maximum Gasteiger partial charge on any atom is 0.253 e. The highest BCUT2D eigenvalue weighted by molar-refractivity contribution is 5.96. The molecule has 5 heteroatoms. The highest BCUT2D eigenvalue weighted by Gasteiger charge is 2.18. The molecule has 130 valence electrons. The van der Waals surface area contributed by atoms with Gasteiger partial charge in [-0.05, 0) is 49.6 Å². The summed E-state index contributed by atoms with van der Waals surface area (Å²) in [7, 11) is 0. The Labute approximate surface area is 148 Å². The van der Waals surface area contributed by atoms with E-state index in [4.69, 9.17) is 0 Å². The monoisotopic (exact) mass is 337 g/mol. The molecule has 0 radical (unpaired) electrons. The zero-order valence-corrected chi connectivity index (χ0v) is 14.2. The number of amides is 2. The van der Waals surface area contributed by atoms with Gasteiger partial charge in [0, 0.05) is 30.0 Å². The number of nitrogens with one attached hydrogen (secondary N) is 2. The lowest BCUT2D eigenvalue weighted by molar-refractivity contribution is -0.114. The van der Waals surface area contributed by atoms with Crippen LogP contribution >= 0.6 is 0 Å². The van der Waals surface area contributed by atoms with Gasteiger partial charge in [-0.25, -0.2) is 0 Å². The van der Waals surface area contributed by atoms with Gasteiger partial charge in [-0.15, -0.1) is 0 Å². The van der Waals surface area contributed by atoms with Gasteiger partial charge in [0.15, 0.2) is 0 Å². The van der Waals surface area contributed by atoms with Crippen LogP contribution in [0.25, 0.3) is 0 Å². The van der Waals surface area contributed by atoms with E-state index in [2.05, 4.69) is 10.6 Å². The number of hydrogen-bond donors (Lipinski definition) is 2. The van der Waals surface area contributed by atoms with Gasteiger partial charge < -0.3 is 15.5 Å². The molecule has 1 aliphatic rings. The smallest absolute Gasteiger partial charge is 0.253 e. The third-order valence-corrected chi connectivity index (χ3v) is 4.26. The van der Waals surface area contributed by atoms with E-state index in [-0.39, 0.29) is 18.4 Å². The highest BCUT2D eigenvalue weighted by atomic mass is 16.2. The van der Waals surface area contributed by atoms with Crippen molar-refractivity contribution in [3.8, 4) is 0 Å². The number of anilines is 2. The van der Waals surface area contributed by atoms with Crippen LogP contribution in [0.2, 0.25) is 0 Å². The Morgan fingerprint density at radius 3 is 2.36 bits per heavy atom. The molecule has 2 N–H and O–H groups in total. The highest BCUT2D eigenvalue weighted by Crippen LogP contribution is 2.16. The Morgan fingerprint density at radius 2 is 1.60 bits per heavy atom. The lowest BCUT2D eigenvalue weighted by Crippen LogP contribution is -2.35. The van der Waals surface area contributed by atoms with Crippen LogP contribution in [0.5, 0.6) is 0 Å². The van der Waals surface area contributed by atoms with E-state index < -0.39 is 0 Å². The molecule has 1 heterocycles. The third-order valence-electron chi connectivity index (χ3n) is 4.26. The summed E-state index contributed by atoms with van der Waals surface area (Å²) in [6.07, 6.45) is 3.34. The number of rotatable bonds is 5. The molecular weight excluding hydrogens is 314 g/mol. The Bertz CT molecular complexity index is 725. The Kier molecular flexibility index (Phi) is 5.67. The molecule has 2 amide bonds. The van der Waals surface area contributed by atoms with Crippen LogP contribution in [-0.4, -0.2) is 36.3 Å². The van der Waals surface area contributed by atoms with Crippen molar-refractivity contribution in [1.82, 2.24) is 4.90 Å². The summed E-state index contributed by atoms with van der Waals surface area (Å²) in [6, 6.07) is 16.7. The topological polar surface area (TPSA) is 61.4 Å². The number of likely N-dealkylation sites (tertiary alicyclic amines) is 1. The quantitative estimate of drug-likeness (QED) is 0.879. The van der Waals surface area contributed by atoms with E-state index in [1.165, 1.54) is 6.42 Å². The molecule has 0 unspecified atom stereocenters. The number of nitrogens with zero attached hydrogens (tertiary/aromatic N) is 1. The van der Waals surface area contributed by atoms with Crippen LogP contribution in [0.4, 0.5) is 11.4 Å². The second-order valence-corrected chi connectivity index (χ2v) is 6.20.